The van der Waals surface area contributed by atoms with E-state index in [0.29, 0.717) is 6.04 Å². The van der Waals surface area contributed by atoms with E-state index in [1.54, 1.807) is 0 Å². The molecule has 0 spiro atoms. The minimum absolute atomic E-state index is 0.464. The molecule has 3 unspecified atom stereocenters. The summed E-state index contributed by atoms with van der Waals surface area (Å²) in [7, 11) is 0. The Morgan fingerprint density at radius 3 is 2.39 bits per heavy atom. The maximum absolute atomic E-state index is 6.26. The SMILES string of the molecule is CCC(C)N1CCN(CC2CCCCC2N)CC1. The quantitative estimate of drug-likeness (QED) is 0.831. The highest BCUT2D eigenvalue weighted by Gasteiger charge is 2.26. The molecule has 2 N–H and O–H groups in total. The molecule has 2 fully saturated rings. The van der Waals surface area contributed by atoms with E-state index in [9.17, 15) is 0 Å². The molecule has 0 radical (unpaired) electrons. The van der Waals surface area contributed by atoms with Crippen LogP contribution in [-0.4, -0.2) is 54.6 Å². The molecule has 2 aliphatic rings. The molecule has 1 aliphatic carbocycles. The summed E-state index contributed by atoms with van der Waals surface area (Å²) in [6.45, 7) is 10.9. The van der Waals surface area contributed by atoms with Crippen molar-refractivity contribution in [3.8, 4) is 0 Å². The maximum Gasteiger partial charge on any atom is 0.0113 e. The predicted octanol–water partition coefficient (Wildman–Crippen LogP) is 1.92. The van der Waals surface area contributed by atoms with Gasteiger partial charge in [0.2, 0.25) is 0 Å². The van der Waals surface area contributed by atoms with Crippen molar-refractivity contribution in [2.24, 2.45) is 11.7 Å². The molecule has 3 nitrogen and oxygen atoms in total. The molecule has 2 rings (SSSR count). The summed E-state index contributed by atoms with van der Waals surface area (Å²) in [5.74, 6) is 0.758. The van der Waals surface area contributed by atoms with Crippen LogP contribution >= 0.6 is 0 Å². The second-order valence-corrected chi connectivity index (χ2v) is 6.30. The first-order valence-electron chi connectivity index (χ1n) is 7.92. The lowest BCUT2D eigenvalue weighted by molar-refractivity contribution is 0.0812. The smallest absolute Gasteiger partial charge is 0.0113 e. The van der Waals surface area contributed by atoms with Gasteiger partial charge in [-0.1, -0.05) is 19.8 Å². The van der Waals surface area contributed by atoms with E-state index in [2.05, 4.69) is 23.6 Å². The molecule has 0 aromatic rings. The Balaban J connectivity index is 1.72. The normalized spacial score (nSPS) is 33.5. The third-order valence-electron chi connectivity index (χ3n) is 5.08. The van der Waals surface area contributed by atoms with Crippen LogP contribution in [0.5, 0.6) is 0 Å². The topological polar surface area (TPSA) is 32.5 Å². The standard InChI is InChI=1S/C15H31N3/c1-3-13(2)18-10-8-17(9-11-18)12-14-6-4-5-7-15(14)16/h13-15H,3-12,16H2,1-2H3. The van der Waals surface area contributed by atoms with Crippen LogP contribution in [0.25, 0.3) is 0 Å². The van der Waals surface area contributed by atoms with Crippen molar-refractivity contribution >= 4 is 0 Å². The third kappa shape index (κ3) is 3.69. The zero-order valence-electron chi connectivity index (χ0n) is 12.3. The van der Waals surface area contributed by atoms with Gasteiger partial charge in [0.05, 0.1) is 0 Å². The zero-order valence-corrected chi connectivity index (χ0v) is 12.3. The van der Waals surface area contributed by atoms with E-state index in [1.807, 2.05) is 0 Å². The molecule has 0 aromatic carbocycles. The molecule has 0 bridgehead atoms. The Morgan fingerprint density at radius 2 is 1.78 bits per heavy atom. The maximum atomic E-state index is 6.26. The van der Waals surface area contributed by atoms with E-state index in [1.165, 1.54) is 64.8 Å². The van der Waals surface area contributed by atoms with Crippen molar-refractivity contribution in [3.05, 3.63) is 0 Å². The van der Waals surface area contributed by atoms with E-state index >= 15 is 0 Å². The Bertz CT molecular complexity index is 236. The Hall–Kier alpha value is -0.120. The number of nitrogens with zero attached hydrogens (tertiary/aromatic N) is 2. The summed E-state index contributed by atoms with van der Waals surface area (Å²) in [5, 5.41) is 0. The lowest BCUT2D eigenvalue weighted by Gasteiger charge is -2.40. The second kappa shape index (κ2) is 6.88. The molecule has 106 valence electrons. The molecular formula is C15H31N3. The number of hydrogen-bond donors (Lipinski definition) is 1. The van der Waals surface area contributed by atoms with Gasteiger partial charge in [-0.2, -0.15) is 0 Å². The Labute approximate surface area is 113 Å². The fraction of sp³-hybridized carbons (Fsp3) is 1.00. The van der Waals surface area contributed by atoms with Crippen LogP contribution in [0.4, 0.5) is 0 Å². The lowest BCUT2D eigenvalue weighted by Crippen LogP contribution is -2.52. The number of piperazine rings is 1. The van der Waals surface area contributed by atoms with E-state index in [-0.39, 0.29) is 0 Å². The van der Waals surface area contributed by atoms with Gasteiger partial charge in [-0.05, 0) is 32.1 Å². The van der Waals surface area contributed by atoms with Gasteiger partial charge < -0.3 is 10.6 Å². The fourth-order valence-electron chi connectivity index (χ4n) is 3.44. The van der Waals surface area contributed by atoms with Gasteiger partial charge in [0.1, 0.15) is 0 Å². The first-order chi connectivity index (χ1) is 8.70. The molecule has 3 atom stereocenters. The molecule has 3 heteroatoms. The first kappa shape index (κ1) is 14.3. The fourth-order valence-corrected chi connectivity index (χ4v) is 3.44. The van der Waals surface area contributed by atoms with Crippen LogP contribution in [0.2, 0.25) is 0 Å². The third-order valence-corrected chi connectivity index (χ3v) is 5.08. The van der Waals surface area contributed by atoms with Gasteiger partial charge in [0, 0.05) is 44.8 Å². The van der Waals surface area contributed by atoms with E-state index in [0.717, 1.165) is 12.0 Å². The molecule has 1 saturated heterocycles. The molecule has 1 aliphatic heterocycles. The molecule has 18 heavy (non-hydrogen) atoms. The van der Waals surface area contributed by atoms with E-state index in [4.69, 9.17) is 5.73 Å². The van der Waals surface area contributed by atoms with Crippen molar-refractivity contribution < 1.29 is 0 Å². The van der Waals surface area contributed by atoms with Crippen molar-refractivity contribution in [1.82, 2.24) is 9.80 Å². The highest BCUT2D eigenvalue weighted by Crippen LogP contribution is 2.24. The highest BCUT2D eigenvalue weighted by molar-refractivity contribution is 4.83. The van der Waals surface area contributed by atoms with Crippen molar-refractivity contribution in [2.45, 2.75) is 58.0 Å². The summed E-state index contributed by atoms with van der Waals surface area (Å²) in [6, 6.07) is 1.22. The van der Waals surface area contributed by atoms with Gasteiger partial charge >= 0.3 is 0 Å². The molecule has 0 aromatic heterocycles. The Morgan fingerprint density at radius 1 is 1.11 bits per heavy atom. The average molecular weight is 253 g/mol. The zero-order chi connectivity index (χ0) is 13.0. The second-order valence-electron chi connectivity index (χ2n) is 6.30. The molecule has 1 heterocycles. The van der Waals surface area contributed by atoms with Gasteiger partial charge in [-0.3, -0.25) is 4.90 Å². The van der Waals surface area contributed by atoms with Crippen molar-refractivity contribution in [2.75, 3.05) is 32.7 Å². The number of rotatable bonds is 4. The average Bonchev–Trinajstić information content (AvgIpc) is 2.41. The van der Waals surface area contributed by atoms with Crippen LogP contribution in [0.1, 0.15) is 46.0 Å². The van der Waals surface area contributed by atoms with Crippen LogP contribution in [-0.2, 0) is 0 Å². The van der Waals surface area contributed by atoms with Gasteiger partial charge in [0.15, 0.2) is 0 Å². The minimum Gasteiger partial charge on any atom is -0.327 e. The monoisotopic (exact) mass is 253 g/mol. The largest absolute Gasteiger partial charge is 0.327 e. The molecule has 0 amide bonds. The van der Waals surface area contributed by atoms with Crippen molar-refractivity contribution in [3.63, 3.8) is 0 Å². The Kier molecular flexibility index (Phi) is 5.46. The highest BCUT2D eigenvalue weighted by atomic mass is 15.3. The first-order valence-corrected chi connectivity index (χ1v) is 7.92. The summed E-state index contributed by atoms with van der Waals surface area (Å²) >= 11 is 0. The lowest BCUT2D eigenvalue weighted by atomic mass is 9.84. The summed E-state index contributed by atoms with van der Waals surface area (Å²) in [4.78, 5) is 5.28. The van der Waals surface area contributed by atoms with Crippen LogP contribution in [0.3, 0.4) is 0 Å². The summed E-state index contributed by atoms with van der Waals surface area (Å²) in [6.07, 6.45) is 6.61. The number of hydrogen-bond acceptors (Lipinski definition) is 3. The van der Waals surface area contributed by atoms with Gasteiger partial charge in [-0.15, -0.1) is 0 Å². The van der Waals surface area contributed by atoms with Gasteiger partial charge in [0.25, 0.3) is 0 Å². The number of nitrogens with two attached hydrogens (primary N) is 1. The predicted molar refractivity (Wildman–Crippen MR) is 77.7 cm³/mol. The van der Waals surface area contributed by atoms with Gasteiger partial charge in [-0.25, -0.2) is 0 Å². The van der Waals surface area contributed by atoms with Crippen LogP contribution < -0.4 is 5.73 Å². The molecule has 1 saturated carbocycles. The summed E-state index contributed by atoms with van der Waals surface area (Å²) < 4.78 is 0. The van der Waals surface area contributed by atoms with E-state index < -0.39 is 0 Å². The molecular weight excluding hydrogens is 222 g/mol. The van der Waals surface area contributed by atoms with Crippen LogP contribution in [0, 0.1) is 5.92 Å². The van der Waals surface area contributed by atoms with Crippen molar-refractivity contribution in [1.29, 1.82) is 0 Å². The van der Waals surface area contributed by atoms with Crippen LogP contribution in [0.15, 0.2) is 0 Å². The minimum atomic E-state index is 0.464. The summed E-state index contributed by atoms with van der Waals surface area (Å²) in [5.41, 5.74) is 6.26.